The summed E-state index contributed by atoms with van der Waals surface area (Å²) in [5.74, 6) is 1.52. The molecule has 0 N–H and O–H groups in total. The predicted octanol–water partition coefficient (Wildman–Crippen LogP) is 3.70. The standard InChI is InChI=1S/C16H11NO2/c1-2-5-11(6-3-1)16-18-14-9-12-7-4-8-17-13(12)10-15(14)19-16/h1-10,16H. The molecule has 1 atom stereocenters. The van der Waals surface area contributed by atoms with Crippen molar-refractivity contribution < 1.29 is 9.47 Å². The number of pyridine rings is 1. The van der Waals surface area contributed by atoms with Gasteiger partial charge in [0.05, 0.1) is 5.52 Å². The van der Waals surface area contributed by atoms with Crippen molar-refractivity contribution in [2.75, 3.05) is 0 Å². The molecule has 4 rings (SSSR count). The van der Waals surface area contributed by atoms with Crippen LogP contribution in [0.2, 0.25) is 0 Å². The summed E-state index contributed by atoms with van der Waals surface area (Å²) in [6.07, 6.45) is 1.41. The minimum absolute atomic E-state index is 0.368. The smallest absolute Gasteiger partial charge is 0.267 e. The first kappa shape index (κ1) is 10.4. The molecule has 1 unspecified atom stereocenters. The number of aromatic nitrogens is 1. The maximum absolute atomic E-state index is 5.85. The Morgan fingerprint density at radius 3 is 2.47 bits per heavy atom. The zero-order valence-electron chi connectivity index (χ0n) is 10.1. The first-order valence-corrected chi connectivity index (χ1v) is 6.17. The third-order valence-corrected chi connectivity index (χ3v) is 3.21. The molecule has 1 aliphatic rings. The number of benzene rings is 2. The van der Waals surface area contributed by atoms with Crippen molar-refractivity contribution in [3.63, 3.8) is 0 Å². The molecule has 0 aliphatic carbocycles. The van der Waals surface area contributed by atoms with Crippen molar-refractivity contribution in [1.29, 1.82) is 0 Å². The van der Waals surface area contributed by atoms with Crippen LogP contribution in [-0.2, 0) is 0 Å². The summed E-state index contributed by atoms with van der Waals surface area (Å²) in [6.45, 7) is 0. The molecule has 0 saturated heterocycles. The van der Waals surface area contributed by atoms with Gasteiger partial charge >= 0.3 is 0 Å². The summed E-state index contributed by atoms with van der Waals surface area (Å²) in [6, 6.07) is 17.7. The molecule has 2 heterocycles. The van der Waals surface area contributed by atoms with Crippen molar-refractivity contribution in [2.45, 2.75) is 6.29 Å². The molecule has 3 heteroatoms. The van der Waals surface area contributed by atoms with E-state index in [4.69, 9.17) is 9.47 Å². The molecule has 1 aliphatic heterocycles. The summed E-state index contributed by atoms with van der Waals surface area (Å²) in [7, 11) is 0. The van der Waals surface area contributed by atoms with Crippen molar-refractivity contribution in [3.05, 3.63) is 66.4 Å². The molecule has 0 saturated carbocycles. The van der Waals surface area contributed by atoms with E-state index in [-0.39, 0.29) is 6.29 Å². The maximum atomic E-state index is 5.85. The maximum Gasteiger partial charge on any atom is 0.267 e. The van der Waals surface area contributed by atoms with Crippen LogP contribution in [0.15, 0.2) is 60.8 Å². The van der Waals surface area contributed by atoms with Gasteiger partial charge in [-0.3, -0.25) is 4.98 Å². The van der Waals surface area contributed by atoms with E-state index in [0.29, 0.717) is 0 Å². The van der Waals surface area contributed by atoms with Crippen molar-refractivity contribution in [3.8, 4) is 11.5 Å². The van der Waals surface area contributed by atoms with Gasteiger partial charge in [-0.1, -0.05) is 36.4 Å². The summed E-state index contributed by atoms with van der Waals surface area (Å²) in [4.78, 5) is 4.32. The van der Waals surface area contributed by atoms with Crippen LogP contribution in [0.25, 0.3) is 10.9 Å². The number of hydrogen-bond acceptors (Lipinski definition) is 3. The van der Waals surface area contributed by atoms with Gasteiger partial charge < -0.3 is 9.47 Å². The molecule has 92 valence electrons. The van der Waals surface area contributed by atoms with Crippen molar-refractivity contribution in [2.24, 2.45) is 0 Å². The Kier molecular flexibility index (Phi) is 2.18. The van der Waals surface area contributed by atoms with Gasteiger partial charge in [-0.15, -0.1) is 0 Å². The number of ether oxygens (including phenoxy) is 2. The topological polar surface area (TPSA) is 31.4 Å². The average Bonchev–Trinajstić information content (AvgIpc) is 2.88. The van der Waals surface area contributed by atoms with Gasteiger partial charge in [0.2, 0.25) is 0 Å². The summed E-state index contributed by atoms with van der Waals surface area (Å²) >= 11 is 0. The lowest BCUT2D eigenvalue weighted by atomic mass is 10.2. The van der Waals surface area contributed by atoms with Crippen LogP contribution in [-0.4, -0.2) is 4.98 Å². The zero-order valence-corrected chi connectivity index (χ0v) is 10.1. The number of rotatable bonds is 1. The quantitative estimate of drug-likeness (QED) is 0.659. The highest BCUT2D eigenvalue weighted by atomic mass is 16.7. The van der Waals surface area contributed by atoms with Gasteiger partial charge in [0.15, 0.2) is 11.5 Å². The number of nitrogens with zero attached hydrogens (tertiary/aromatic N) is 1. The average molecular weight is 249 g/mol. The van der Waals surface area contributed by atoms with Crippen LogP contribution in [0.3, 0.4) is 0 Å². The van der Waals surface area contributed by atoms with Gasteiger partial charge in [-0.05, 0) is 12.1 Å². The Bertz CT molecular complexity index is 696. The summed E-state index contributed by atoms with van der Waals surface area (Å²) in [5, 5.41) is 1.05. The second kappa shape index (κ2) is 3.99. The highest BCUT2D eigenvalue weighted by Gasteiger charge is 2.26. The molecule has 0 amide bonds. The first-order valence-electron chi connectivity index (χ1n) is 6.17. The van der Waals surface area contributed by atoms with E-state index in [1.165, 1.54) is 0 Å². The van der Waals surface area contributed by atoms with Gasteiger partial charge in [0.1, 0.15) is 0 Å². The Morgan fingerprint density at radius 2 is 1.63 bits per heavy atom. The second-order valence-electron chi connectivity index (χ2n) is 4.47. The largest absolute Gasteiger partial charge is 0.447 e. The molecular formula is C16H11NO2. The van der Waals surface area contributed by atoms with Gasteiger partial charge in [-0.2, -0.15) is 0 Å². The Morgan fingerprint density at radius 1 is 0.842 bits per heavy atom. The Balaban J connectivity index is 1.76. The molecule has 19 heavy (non-hydrogen) atoms. The fraction of sp³-hybridized carbons (Fsp3) is 0.0625. The minimum atomic E-state index is -0.368. The molecule has 0 fully saturated rings. The highest BCUT2D eigenvalue weighted by molar-refractivity contribution is 5.82. The van der Waals surface area contributed by atoms with Crippen LogP contribution >= 0.6 is 0 Å². The van der Waals surface area contributed by atoms with Gasteiger partial charge in [0, 0.05) is 23.2 Å². The third-order valence-electron chi connectivity index (χ3n) is 3.21. The van der Waals surface area contributed by atoms with Crippen LogP contribution in [0.5, 0.6) is 11.5 Å². The Labute approximate surface area is 110 Å². The number of hydrogen-bond donors (Lipinski definition) is 0. The van der Waals surface area contributed by atoms with E-state index in [1.807, 2.05) is 54.6 Å². The number of fused-ring (bicyclic) bond motifs is 2. The molecule has 3 nitrogen and oxygen atoms in total. The fourth-order valence-electron chi connectivity index (χ4n) is 2.27. The minimum Gasteiger partial charge on any atom is -0.447 e. The lowest BCUT2D eigenvalue weighted by molar-refractivity contribution is 0.0488. The van der Waals surface area contributed by atoms with Crippen molar-refractivity contribution in [1.82, 2.24) is 4.98 Å². The van der Waals surface area contributed by atoms with E-state index in [0.717, 1.165) is 28.0 Å². The molecule has 0 radical (unpaired) electrons. The Hall–Kier alpha value is -2.55. The fourth-order valence-corrected chi connectivity index (χ4v) is 2.27. The molecular weight excluding hydrogens is 238 g/mol. The van der Waals surface area contributed by atoms with Gasteiger partial charge in [0.25, 0.3) is 6.29 Å². The van der Waals surface area contributed by atoms with Crippen LogP contribution in [0, 0.1) is 0 Å². The zero-order chi connectivity index (χ0) is 12.7. The van der Waals surface area contributed by atoms with E-state index in [1.54, 1.807) is 6.20 Å². The third kappa shape index (κ3) is 1.71. The van der Waals surface area contributed by atoms with Crippen LogP contribution in [0.1, 0.15) is 11.9 Å². The van der Waals surface area contributed by atoms with E-state index >= 15 is 0 Å². The van der Waals surface area contributed by atoms with Crippen molar-refractivity contribution >= 4 is 10.9 Å². The van der Waals surface area contributed by atoms with Gasteiger partial charge in [-0.25, -0.2) is 0 Å². The molecule has 0 bridgehead atoms. The van der Waals surface area contributed by atoms with E-state index < -0.39 is 0 Å². The van der Waals surface area contributed by atoms with Crippen LogP contribution < -0.4 is 9.47 Å². The first-order chi connectivity index (χ1) is 9.40. The molecule has 0 spiro atoms. The SMILES string of the molecule is c1ccc(C2Oc3cc4cccnc4cc3O2)cc1. The lowest BCUT2D eigenvalue weighted by Crippen LogP contribution is -2.07. The second-order valence-corrected chi connectivity index (χ2v) is 4.47. The molecule has 2 aromatic carbocycles. The summed E-state index contributed by atoms with van der Waals surface area (Å²) < 4.78 is 11.7. The van der Waals surface area contributed by atoms with E-state index in [9.17, 15) is 0 Å². The van der Waals surface area contributed by atoms with Crippen LogP contribution in [0.4, 0.5) is 0 Å². The monoisotopic (exact) mass is 249 g/mol. The molecule has 3 aromatic rings. The normalized spacial score (nSPS) is 16.7. The predicted molar refractivity (Wildman–Crippen MR) is 72.2 cm³/mol. The summed E-state index contributed by atoms with van der Waals surface area (Å²) in [5.41, 5.74) is 1.93. The lowest BCUT2D eigenvalue weighted by Gasteiger charge is -2.09. The highest BCUT2D eigenvalue weighted by Crippen LogP contribution is 2.42. The molecule has 1 aromatic heterocycles. The van der Waals surface area contributed by atoms with E-state index in [2.05, 4.69) is 4.98 Å².